The van der Waals surface area contributed by atoms with Crippen molar-refractivity contribution < 1.29 is 4.79 Å². The predicted octanol–water partition coefficient (Wildman–Crippen LogP) is 2.67. The minimum Gasteiger partial charge on any atom is -0.356 e. The van der Waals surface area contributed by atoms with Crippen LogP contribution < -0.4 is 16.0 Å². The molecular weight excluding hydrogens is 300 g/mol. The second-order valence-corrected chi connectivity index (χ2v) is 8.08. The topological polar surface area (TPSA) is 65.5 Å². The Morgan fingerprint density at radius 3 is 2.33 bits per heavy atom. The molecule has 138 valence electrons. The Kier molecular flexibility index (Phi) is 7.38. The van der Waals surface area contributed by atoms with Gasteiger partial charge in [0.1, 0.15) is 0 Å². The predicted molar refractivity (Wildman–Crippen MR) is 100 cm³/mol. The van der Waals surface area contributed by atoms with Crippen LogP contribution in [0.5, 0.6) is 0 Å². The molecule has 0 aromatic carbocycles. The highest BCUT2D eigenvalue weighted by Crippen LogP contribution is 2.45. The van der Waals surface area contributed by atoms with Gasteiger partial charge in [-0.05, 0) is 49.9 Å². The van der Waals surface area contributed by atoms with Crippen LogP contribution in [0.2, 0.25) is 0 Å². The maximum absolute atomic E-state index is 11.8. The van der Waals surface area contributed by atoms with Crippen molar-refractivity contribution in [3.05, 3.63) is 0 Å². The van der Waals surface area contributed by atoms with Gasteiger partial charge in [-0.1, -0.05) is 26.7 Å². The molecule has 0 spiro atoms. The molecule has 2 aliphatic carbocycles. The van der Waals surface area contributed by atoms with Gasteiger partial charge < -0.3 is 16.0 Å². The third-order valence-corrected chi connectivity index (χ3v) is 5.53. The monoisotopic (exact) mass is 336 g/mol. The average molecular weight is 337 g/mol. The summed E-state index contributed by atoms with van der Waals surface area (Å²) in [6, 6.07) is 0. The number of hydrogen-bond acceptors (Lipinski definition) is 2. The summed E-state index contributed by atoms with van der Waals surface area (Å²) in [6.45, 7) is 7.22. The van der Waals surface area contributed by atoms with E-state index in [2.05, 4.69) is 34.8 Å². The van der Waals surface area contributed by atoms with Crippen LogP contribution in [0.3, 0.4) is 0 Å². The lowest BCUT2D eigenvalue weighted by atomic mass is 9.64. The Balaban J connectivity index is 1.57. The Morgan fingerprint density at radius 1 is 1.12 bits per heavy atom. The fraction of sp³-hybridized carbons (Fsp3) is 0.895. The molecule has 24 heavy (non-hydrogen) atoms. The number of carbonyl (C=O) groups is 1. The van der Waals surface area contributed by atoms with Crippen molar-refractivity contribution in [2.24, 2.45) is 22.2 Å². The van der Waals surface area contributed by atoms with Gasteiger partial charge in [0.15, 0.2) is 5.96 Å². The molecule has 0 atom stereocenters. The van der Waals surface area contributed by atoms with Gasteiger partial charge in [-0.25, -0.2) is 0 Å². The average Bonchev–Trinajstić information content (AvgIpc) is 2.44. The summed E-state index contributed by atoms with van der Waals surface area (Å²) >= 11 is 0. The van der Waals surface area contributed by atoms with Gasteiger partial charge in [0.25, 0.3) is 0 Å². The van der Waals surface area contributed by atoms with E-state index < -0.39 is 0 Å². The molecule has 0 heterocycles. The molecule has 0 aliphatic heterocycles. The van der Waals surface area contributed by atoms with Gasteiger partial charge in [0, 0.05) is 32.6 Å². The van der Waals surface area contributed by atoms with Gasteiger partial charge in [-0.2, -0.15) is 0 Å². The van der Waals surface area contributed by atoms with E-state index in [9.17, 15) is 4.79 Å². The molecule has 1 amide bonds. The zero-order valence-electron chi connectivity index (χ0n) is 15.8. The van der Waals surface area contributed by atoms with Crippen LogP contribution in [0.25, 0.3) is 0 Å². The molecule has 2 saturated carbocycles. The van der Waals surface area contributed by atoms with Gasteiger partial charge in [0.05, 0.1) is 0 Å². The number of amides is 1. The SMILES string of the molecule is CN=C(NCCCNC(=O)C1CCC1)NCC1(CC(C)C)CCC1. The van der Waals surface area contributed by atoms with Gasteiger partial charge in [-0.15, -0.1) is 0 Å². The zero-order valence-corrected chi connectivity index (χ0v) is 15.8. The van der Waals surface area contributed by atoms with Crippen LogP contribution in [0.1, 0.15) is 65.2 Å². The van der Waals surface area contributed by atoms with Gasteiger partial charge in [0.2, 0.25) is 5.91 Å². The summed E-state index contributed by atoms with van der Waals surface area (Å²) in [5.41, 5.74) is 0.475. The maximum atomic E-state index is 11.8. The largest absolute Gasteiger partial charge is 0.356 e. The van der Waals surface area contributed by atoms with E-state index in [-0.39, 0.29) is 11.8 Å². The number of hydrogen-bond donors (Lipinski definition) is 3. The van der Waals surface area contributed by atoms with Crippen molar-refractivity contribution in [2.75, 3.05) is 26.7 Å². The molecule has 5 nitrogen and oxygen atoms in total. The summed E-state index contributed by atoms with van der Waals surface area (Å²) in [4.78, 5) is 16.1. The van der Waals surface area contributed by atoms with Crippen LogP contribution in [0.15, 0.2) is 4.99 Å². The number of aliphatic imine (C=N–C) groups is 1. The smallest absolute Gasteiger partial charge is 0.223 e. The van der Waals surface area contributed by atoms with Crippen LogP contribution in [-0.2, 0) is 4.79 Å². The van der Waals surface area contributed by atoms with Crippen LogP contribution >= 0.6 is 0 Å². The lowest BCUT2D eigenvalue weighted by molar-refractivity contribution is -0.127. The summed E-state index contributed by atoms with van der Waals surface area (Å²) in [5.74, 6) is 2.16. The van der Waals surface area contributed by atoms with Gasteiger partial charge in [-0.3, -0.25) is 9.79 Å². The van der Waals surface area contributed by atoms with Crippen LogP contribution in [0.4, 0.5) is 0 Å². The van der Waals surface area contributed by atoms with E-state index in [1.54, 1.807) is 0 Å². The number of rotatable bonds is 9. The van der Waals surface area contributed by atoms with Crippen molar-refractivity contribution in [1.82, 2.24) is 16.0 Å². The highest BCUT2D eigenvalue weighted by atomic mass is 16.1. The summed E-state index contributed by atoms with van der Waals surface area (Å²) in [7, 11) is 1.82. The van der Waals surface area contributed by atoms with E-state index in [4.69, 9.17) is 0 Å². The lowest BCUT2D eigenvalue weighted by Crippen LogP contribution is -2.47. The second kappa shape index (κ2) is 9.28. The molecule has 0 saturated heterocycles. The maximum Gasteiger partial charge on any atom is 0.223 e. The normalized spacial score (nSPS) is 20.2. The summed E-state index contributed by atoms with van der Waals surface area (Å²) < 4.78 is 0. The molecule has 0 unspecified atom stereocenters. The second-order valence-electron chi connectivity index (χ2n) is 8.08. The fourth-order valence-electron chi connectivity index (χ4n) is 3.81. The Labute approximate surface area is 147 Å². The van der Waals surface area contributed by atoms with Crippen molar-refractivity contribution in [3.63, 3.8) is 0 Å². The summed E-state index contributed by atoms with van der Waals surface area (Å²) in [5, 5.41) is 9.90. The molecule has 2 rings (SSSR count). The molecule has 2 fully saturated rings. The van der Waals surface area contributed by atoms with Crippen LogP contribution in [-0.4, -0.2) is 38.5 Å². The third-order valence-electron chi connectivity index (χ3n) is 5.53. The van der Waals surface area contributed by atoms with E-state index in [0.717, 1.165) is 50.8 Å². The van der Waals surface area contributed by atoms with Crippen molar-refractivity contribution in [2.45, 2.75) is 65.2 Å². The first kappa shape index (κ1) is 19.1. The Hall–Kier alpha value is -1.26. The van der Waals surface area contributed by atoms with Gasteiger partial charge >= 0.3 is 0 Å². The van der Waals surface area contributed by atoms with Crippen molar-refractivity contribution in [1.29, 1.82) is 0 Å². The molecule has 2 aliphatic rings. The number of nitrogens with zero attached hydrogens (tertiary/aromatic N) is 1. The molecule has 0 radical (unpaired) electrons. The van der Waals surface area contributed by atoms with E-state index >= 15 is 0 Å². The fourth-order valence-corrected chi connectivity index (χ4v) is 3.81. The minimum atomic E-state index is 0.240. The molecule has 0 aromatic rings. The zero-order chi connectivity index (χ0) is 17.4. The minimum absolute atomic E-state index is 0.240. The highest BCUT2D eigenvalue weighted by molar-refractivity contribution is 5.80. The highest BCUT2D eigenvalue weighted by Gasteiger charge is 2.37. The number of guanidine groups is 1. The van der Waals surface area contributed by atoms with Crippen molar-refractivity contribution >= 4 is 11.9 Å². The number of nitrogens with one attached hydrogen (secondary N) is 3. The lowest BCUT2D eigenvalue weighted by Gasteiger charge is -2.43. The first-order valence-electron chi connectivity index (χ1n) is 9.77. The molecule has 5 heteroatoms. The van der Waals surface area contributed by atoms with Crippen molar-refractivity contribution in [3.8, 4) is 0 Å². The quantitative estimate of drug-likeness (QED) is 0.344. The van der Waals surface area contributed by atoms with E-state index in [1.807, 2.05) is 7.05 Å². The third kappa shape index (κ3) is 5.67. The van der Waals surface area contributed by atoms with Crippen LogP contribution in [0, 0.1) is 17.3 Å². The molecular formula is C19H36N4O. The Morgan fingerprint density at radius 2 is 1.83 bits per heavy atom. The van der Waals surface area contributed by atoms with E-state index in [1.165, 1.54) is 32.1 Å². The summed E-state index contributed by atoms with van der Waals surface area (Å²) in [6.07, 6.45) is 9.60. The number of carbonyl (C=O) groups excluding carboxylic acids is 1. The van der Waals surface area contributed by atoms with E-state index in [0.29, 0.717) is 5.41 Å². The molecule has 0 bridgehead atoms. The standard InChI is InChI=1S/C19H36N4O/c1-15(2)13-19(9-5-10-19)14-23-18(20-3)22-12-6-11-21-17(24)16-7-4-8-16/h15-16H,4-14H2,1-3H3,(H,21,24)(H2,20,22,23). The first-order chi connectivity index (χ1) is 11.5. The Bertz CT molecular complexity index is 425. The molecule has 3 N–H and O–H groups in total. The first-order valence-corrected chi connectivity index (χ1v) is 9.77. The molecule has 0 aromatic heterocycles.